The molecule has 0 unspecified atom stereocenters. The highest BCUT2D eigenvalue weighted by molar-refractivity contribution is 4.92. The molecule has 1 aliphatic rings. The first-order chi connectivity index (χ1) is 7.27. The van der Waals surface area contributed by atoms with Gasteiger partial charge >= 0.3 is 0 Å². The molecular weight excluding hydrogens is 190 g/mol. The summed E-state index contributed by atoms with van der Waals surface area (Å²) in [4.78, 5) is 4.24. The van der Waals surface area contributed by atoms with E-state index in [2.05, 4.69) is 10.3 Å². The number of hydrogen-bond donors (Lipinski definition) is 2. The average molecular weight is 209 g/mol. The number of rotatable bonds is 3. The van der Waals surface area contributed by atoms with Crippen LogP contribution in [0.3, 0.4) is 0 Å². The van der Waals surface area contributed by atoms with Crippen molar-refractivity contribution in [1.82, 2.24) is 14.9 Å². The molecule has 84 valence electrons. The zero-order valence-electron chi connectivity index (χ0n) is 9.19. The van der Waals surface area contributed by atoms with Crippen LogP contribution < -0.4 is 5.32 Å². The summed E-state index contributed by atoms with van der Waals surface area (Å²) in [5.41, 5.74) is 0. The summed E-state index contributed by atoms with van der Waals surface area (Å²) < 4.78 is 2.00. The monoisotopic (exact) mass is 209 g/mol. The molecule has 1 heterocycles. The highest BCUT2D eigenvalue weighted by atomic mass is 16.3. The lowest BCUT2D eigenvalue weighted by atomic mass is 9.93. The van der Waals surface area contributed by atoms with E-state index >= 15 is 0 Å². The molecule has 2 N–H and O–H groups in total. The number of nitrogens with one attached hydrogen (secondary N) is 1. The first kappa shape index (κ1) is 10.6. The van der Waals surface area contributed by atoms with Crippen LogP contribution in [0.25, 0.3) is 0 Å². The molecule has 0 radical (unpaired) electrons. The predicted molar refractivity (Wildman–Crippen MR) is 58.3 cm³/mol. The molecule has 2 rings (SSSR count). The van der Waals surface area contributed by atoms with Crippen molar-refractivity contribution in [2.75, 3.05) is 0 Å². The lowest BCUT2D eigenvalue weighted by Crippen LogP contribution is -2.41. The SMILES string of the molecule is Cn1ccnc1CN[C@H]1CCCC[C@@H]1O. The van der Waals surface area contributed by atoms with E-state index in [-0.39, 0.29) is 12.1 Å². The summed E-state index contributed by atoms with van der Waals surface area (Å²) in [6, 6.07) is 0.246. The van der Waals surface area contributed by atoms with Crippen LogP contribution in [-0.4, -0.2) is 26.8 Å². The van der Waals surface area contributed by atoms with Crippen LogP contribution in [0, 0.1) is 0 Å². The Balaban J connectivity index is 1.84. The van der Waals surface area contributed by atoms with E-state index < -0.39 is 0 Å². The molecule has 0 amide bonds. The minimum atomic E-state index is -0.181. The van der Waals surface area contributed by atoms with Gasteiger partial charge in [0.25, 0.3) is 0 Å². The van der Waals surface area contributed by atoms with Crippen LogP contribution in [0.15, 0.2) is 12.4 Å². The van der Waals surface area contributed by atoms with Crippen molar-refractivity contribution in [1.29, 1.82) is 0 Å². The molecule has 4 nitrogen and oxygen atoms in total. The van der Waals surface area contributed by atoms with Crippen molar-refractivity contribution in [3.05, 3.63) is 18.2 Å². The smallest absolute Gasteiger partial charge is 0.122 e. The second kappa shape index (κ2) is 4.77. The van der Waals surface area contributed by atoms with Gasteiger partial charge < -0.3 is 15.0 Å². The Morgan fingerprint density at radius 1 is 1.53 bits per heavy atom. The molecule has 1 aromatic heterocycles. The number of imidazole rings is 1. The van der Waals surface area contributed by atoms with Crippen molar-refractivity contribution in [2.45, 2.75) is 44.4 Å². The summed E-state index contributed by atoms with van der Waals surface area (Å²) >= 11 is 0. The third kappa shape index (κ3) is 2.58. The van der Waals surface area contributed by atoms with E-state index in [1.807, 2.05) is 17.8 Å². The summed E-state index contributed by atoms with van der Waals surface area (Å²) in [6.07, 6.45) is 7.93. The van der Waals surface area contributed by atoms with Gasteiger partial charge in [-0.3, -0.25) is 0 Å². The van der Waals surface area contributed by atoms with Crippen molar-refractivity contribution in [3.63, 3.8) is 0 Å². The van der Waals surface area contributed by atoms with Gasteiger partial charge in [0.15, 0.2) is 0 Å². The molecule has 1 aliphatic carbocycles. The fourth-order valence-corrected chi connectivity index (χ4v) is 2.14. The van der Waals surface area contributed by atoms with Crippen molar-refractivity contribution >= 4 is 0 Å². The van der Waals surface area contributed by atoms with Gasteiger partial charge in [0, 0.05) is 25.5 Å². The second-order valence-electron chi connectivity index (χ2n) is 4.29. The first-order valence-corrected chi connectivity index (χ1v) is 5.65. The molecule has 0 bridgehead atoms. The third-order valence-corrected chi connectivity index (χ3v) is 3.17. The fraction of sp³-hybridized carbons (Fsp3) is 0.727. The van der Waals surface area contributed by atoms with Gasteiger partial charge in [-0.25, -0.2) is 4.98 Å². The topological polar surface area (TPSA) is 50.1 Å². The van der Waals surface area contributed by atoms with Gasteiger partial charge in [-0.05, 0) is 12.8 Å². The maximum absolute atomic E-state index is 9.78. The molecule has 15 heavy (non-hydrogen) atoms. The Hall–Kier alpha value is -0.870. The number of hydrogen-bond acceptors (Lipinski definition) is 3. The maximum Gasteiger partial charge on any atom is 0.122 e. The van der Waals surface area contributed by atoms with E-state index in [9.17, 15) is 5.11 Å². The zero-order valence-corrected chi connectivity index (χ0v) is 9.19. The Bertz CT molecular complexity index is 311. The highest BCUT2D eigenvalue weighted by Crippen LogP contribution is 2.18. The normalized spacial score (nSPS) is 26.8. The lowest BCUT2D eigenvalue weighted by Gasteiger charge is -2.28. The molecule has 4 heteroatoms. The van der Waals surface area contributed by atoms with Gasteiger partial charge in [-0.1, -0.05) is 12.8 Å². The van der Waals surface area contributed by atoms with Crippen LogP contribution in [0.4, 0.5) is 0 Å². The first-order valence-electron chi connectivity index (χ1n) is 5.65. The van der Waals surface area contributed by atoms with Crippen molar-refractivity contribution in [2.24, 2.45) is 7.05 Å². The second-order valence-corrected chi connectivity index (χ2v) is 4.29. The summed E-state index contributed by atoms with van der Waals surface area (Å²) in [5, 5.41) is 13.2. The van der Waals surface area contributed by atoms with Crippen molar-refractivity contribution < 1.29 is 5.11 Å². The number of aromatic nitrogens is 2. The third-order valence-electron chi connectivity index (χ3n) is 3.17. The predicted octanol–water partition coefficient (Wildman–Crippen LogP) is 0.813. The standard InChI is InChI=1S/C11H19N3O/c1-14-7-6-12-11(14)8-13-9-4-2-3-5-10(9)15/h6-7,9-10,13,15H,2-5,8H2,1H3/t9-,10-/m0/s1. The van der Waals surface area contributed by atoms with Crippen LogP contribution in [0.1, 0.15) is 31.5 Å². The van der Waals surface area contributed by atoms with E-state index in [1.165, 1.54) is 6.42 Å². The minimum Gasteiger partial charge on any atom is -0.392 e. The molecule has 1 saturated carbocycles. The molecule has 0 spiro atoms. The maximum atomic E-state index is 9.78. The molecule has 0 aromatic carbocycles. The largest absolute Gasteiger partial charge is 0.392 e. The number of aliphatic hydroxyl groups excluding tert-OH is 1. The van der Waals surface area contributed by atoms with Gasteiger partial charge in [-0.2, -0.15) is 0 Å². The van der Waals surface area contributed by atoms with Crippen LogP contribution in [-0.2, 0) is 13.6 Å². The Kier molecular flexibility index (Phi) is 3.38. The molecule has 0 saturated heterocycles. The molecule has 1 fully saturated rings. The van der Waals surface area contributed by atoms with Gasteiger partial charge in [0.2, 0.25) is 0 Å². The summed E-state index contributed by atoms with van der Waals surface area (Å²) in [5.74, 6) is 1.02. The number of nitrogens with zero attached hydrogens (tertiary/aromatic N) is 2. The highest BCUT2D eigenvalue weighted by Gasteiger charge is 2.22. The fourth-order valence-electron chi connectivity index (χ4n) is 2.14. The Morgan fingerprint density at radius 3 is 3.00 bits per heavy atom. The Labute approximate surface area is 90.3 Å². The van der Waals surface area contributed by atoms with Gasteiger partial charge in [0.1, 0.15) is 5.82 Å². The molecule has 1 aromatic rings. The van der Waals surface area contributed by atoms with Crippen LogP contribution >= 0.6 is 0 Å². The lowest BCUT2D eigenvalue weighted by molar-refractivity contribution is 0.0898. The number of aryl methyl sites for hydroxylation is 1. The number of aliphatic hydroxyl groups is 1. The van der Waals surface area contributed by atoms with E-state index in [4.69, 9.17) is 0 Å². The van der Waals surface area contributed by atoms with E-state index in [1.54, 1.807) is 6.20 Å². The molecule has 2 atom stereocenters. The molecule has 0 aliphatic heterocycles. The van der Waals surface area contributed by atoms with Crippen LogP contribution in [0.5, 0.6) is 0 Å². The van der Waals surface area contributed by atoms with E-state index in [0.717, 1.165) is 31.6 Å². The van der Waals surface area contributed by atoms with E-state index in [0.29, 0.717) is 0 Å². The van der Waals surface area contributed by atoms with Gasteiger partial charge in [-0.15, -0.1) is 0 Å². The van der Waals surface area contributed by atoms with Crippen molar-refractivity contribution in [3.8, 4) is 0 Å². The summed E-state index contributed by atoms with van der Waals surface area (Å²) in [7, 11) is 1.99. The zero-order chi connectivity index (χ0) is 10.7. The minimum absolute atomic E-state index is 0.181. The summed E-state index contributed by atoms with van der Waals surface area (Å²) in [6.45, 7) is 0.741. The quantitative estimate of drug-likeness (QED) is 0.774. The van der Waals surface area contributed by atoms with Crippen LogP contribution in [0.2, 0.25) is 0 Å². The Morgan fingerprint density at radius 2 is 2.33 bits per heavy atom. The van der Waals surface area contributed by atoms with Gasteiger partial charge in [0.05, 0.1) is 12.6 Å². The molecular formula is C11H19N3O. The average Bonchev–Trinajstić information content (AvgIpc) is 2.63.